The molecular formula is C17H20N2O. The van der Waals surface area contributed by atoms with Gasteiger partial charge in [0.25, 0.3) is 0 Å². The molecule has 0 bridgehead atoms. The quantitative estimate of drug-likeness (QED) is 0.798. The van der Waals surface area contributed by atoms with Gasteiger partial charge in [-0.25, -0.2) is 0 Å². The van der Waals surface area contributed by atoms with Crippen LogP contribution in [0.2, 0.25) is 0 Å². The number of ketones is 1. The minimum Gasteiger partial charge on any atom is -0.303 e. The second kappa shape index (κ2) is 6.14. The molecule has 2 heterocycles. The highest BCUT2D eigenvalue weighted by molar-refractivity contribution is 5.99. The molecule has 0 aliphatic carbocycles. The maximum Gasteiger partial charge on any atom is 0.164 e. The van der Waals surface area contributed by atoms with Crippen molar-refractivity contribution in [3.05, 3.63) is 42.1 Å². The number of likely N-dealkylation sites (tertiary alicyclic amines) is 1. The maximum absolute atomic E-state index is 12.3. The van der Waals surface area contributed by atoms with Gasteiger partial charge in [0, 0.05) is 30.1 Å². The zero-order valence-electron chi connectivity index (χ0n) is 11.7. The first-order chi connectivity index (χ1) is 9.83. The molecule has 1 saturated heterocycles. The molecule has 0 radical (unpaired) electrons. The first-order valence-electron chi connectivity index (χ1n) is 7.43. The monoisotopic (exact) mass is 268 g/mol. The number of rotatable bonds is 4. The van der Waals surface area contributed by atoms with Gasteiger partial charge >= 0.3 is 0 Å². The summed E-state index contributed by atoms with van der Waals surface area (Å²) < 4.78 is 0. The van der Waals surface area contributed by atoms with Gasteiger partial charge in [-0.3, -0.25) is 9.78 Å². The Balaban J connectivity index is 1.65. The van der Waals surface area contributed by atoms with E-state index in [0.717, 1.165) is 36.1 Å². The Morgan fingerprint density at radius 3 is 2.85 bits per heavy atom. The van der Waals surface area contributed by atoms with Gasteiger partial charge in [-0.15, -0.1) is 0 Å². The van der Waals surface area contributed by atoms with Crippen LogP contribution in [0.5, 0.6) is 0 Å². The van der Waals surface area contributed by atoms with Gasteiger partial charge < -0.3 is 4.90 Å². The number of Topliss-reactive ketones (excluding diaryl/α,β-unsaturated/α-hetero) is 1. The van der Waals surface area contributed by atoms with Crippen LogP contribution in [0.15, 0.2) is 36.5 Å². The number of pyridine rings is 1. The second-order valence-electron chi connectivity index (χ2n) is 5.49. The molecule has 0 atom stereocenters. The minimum absolute atomic E-state index is 0.225. The summed E-state index contributed by atoms with van der Waals surface area (Å²) in [5, 5.41) is 1.08. The van der Waals surface area contributed by atoms with E-state index in [0.29, 0.717) is 6.42 Å². The number of benzene rings is 1. The average molecular weight is 268 g/mol. The van der Waals surface area contributed by atoms with E-state index in [-0.39, 0.29) is 5.78 Å². The number of aromatic nitrogens is 1. The van der Waals surface area contributed by atoms with E-state index in [1.54, 1.807) is 6.20 Å². The van der Waals surface area contributed by atoms with Gasteiger partial charge in [0.2, 0.25) is 0 Å². The Hall–Kier alpha value is -1.74. The van der Waals surface area contributed by atoms with E-state index >= 15 is 0 Å². The molecule has 3 heteroatoms. The van der Waals surface area contributed by atoms with Crippen LogP contribution >= 0.6 is 0 Å². The van der Waals surface area contributed by atoms with Crippen molar-refractivity contribution in [1.29, 1.82) is 0 Å². The summed E-state index contributed by atoms with van der Waals surface area (Å²) in [5.41, 5.74) is 1.68. The van der Waals surface area contributed by atoms with Crippen LogP contribution in [-0.2, 0) is 0 Å². The number of nitrogens with zero attached hydrogens (tertiary/aromatic N) is 2. The van der Waals surface area contributed by atoms with Crippen molar-refractivity contribution in [2.45, 2.75) is 25.7 Å². The summed E-state index contributed by atoms with van der Waals surface area (Å²) >= 11 is 0. The maximum atomic E-state index is 12.3. The van der Waals surface area contributed by atoms with Crippen molar-refractivity contribution < 1.29 is 4.79 Å². The van der Waals surface area contributed by atoms with Crippen LogP contribution in [-0.4, -0.2) is 35.3 Å². The molecule has 1 aliphatic heterocycles. The fourth-order valence-electron chi connectivity index (χ4n) is 2.83. The van der Waals surface area contributed by atoms with E-state index in [1.807, 2.05) is 30.3 Å². The summed E-state index contributed by atoms with van der Waals surface area (Å²) in [5.74, 6) is 0.225. The highest BCUT2D eigenvalue weighted by atomic mass is 16.1. The smallest absolute Gasteiger partial charge is 0.164 e. The largest absolute Gasteiger partial charge is 0.303 e. The number of hydrogen-bond donors (Lipinski definition) is 0. The molecule has 104 valence electrons. The van der Waals surface area contributed by atoms with E-state index in [9.17, 15) is 4.79 Å². The van der Waals surface area contributed by atoms with Crippen LogP contribution in [0.4, 0.5) is 0 Å². The molecule has 20 heavy (non-hydrogen) atoms. The fourth-order valence-corrected chi connectivity index (χ4v) is 2.83. The molecular weight excluding hydrogens is 248 g/mol. The first-order valence-corrected chi connectivity index (χ1v) is 7.43. The lowest BCUT2D eigenvalue weighted by Gasteiger charge is -2.25. The third-order valence-corrected chi connectivity index (χ3v) is 4.03. The Kier molecular flexibility index (Phi) is 4.07. The Morgan fingerprint density at radius 1 is 1.15 bits per heavy atom. The molecule has 1 aromatic carbocycles. The molecule has 3 rings (SSSR count). The number of fused-ring (bicyclic) bond motifs is 1. The molecule has 0 N–H and O–H groups in total. The Bertz CT molecular complexity index is 603. The summed E-state index contributed by atoms with van der Waals surface area (Å²) in [7, 11) is 0. The van der Waals surface area contributed by atoms with Gasteiger partial charge in [-0.2, -0.15) is 0 Å². The predicted octanol–water partition coefficient (Wildman–Crippen LogP) is 3.29. The van der Waals surface area contributed by atoms with Gasteiger partial charge in [0.15, 0.2) is 5.78 Å². The van der Waals surface area contributed by atoms with Crippen molar-refractivity contribution in [3.63, 3.8) is 0 Å². The van der Waals surface area contributed by atoms with Crippen LogP contribution in [0.1, 0.15) is 36.0 Å². The zero-order valence-corrected chi connectivity index (χ0v) is 11.7. The first kappa shape index (κ1) is 13.3. The van der Waals surface area contributed by atoms with Crippen molar-refractivity contribution >= 4 is 16.7 Å². The Morgan fingerprint density at radius 2 is 2.00 bits per heavy atom. The van der Waals surface area contributed by atoms with E-state index < -0.39 is 0 Å². The third-order valence-electron chi connectivity index (χ3n) is 4.03. The Labute approximate surface area is 119 Å². The second-order valence-corrected chi connectivity index (χ2v) is 5.49. The molecule has 0 saturated carbocycles. The van der Waals surface area contributed by atoms with E-state index in [2.05, 4.69) is 9.88 Å². The number of hydrogen-bond acceptors (Lipinski definition) is 3. The van der Waals surface area contributed by atoms with Crippen molar-refractivity contribution in [2.75, 3.05) is 19.6 Å². The van der Waals surface area contributed by atoms with Crippen molar-refractivity contribution in [1.82, 2.24) is 9.88 Å². The van der Waals surface area contributed by atoms with E-state index in [1.165, 1.54) is 19.3 Å². The van der Waals surface area contributed by atoms with Gasteiger partial charge in [0.1, 0.15) is 0 Å². The lowest BCUT2D eigenvalue weighted by atomic mass is 10.0. The minimum atomic E-state index is 0.225. The molecule has 0 unspecified atom stereocenters. The topological polar surface area (TPSA) is 33.2 Å². The summed E-state index contributed by atoms with van der Waals surface area (Å²) in [6.45, 7) is 3.18. The SMILES string of the molecule is O=C(CCN1CCCCC1)c1ccc2cccnc2c1. The molecule has 1 aliphatic rings. The lowest BCUT2D eigenvalue weighted by molar-refractivity contribution is 0.0959. The molecule has 1 aromatic heterocycles. The normalized spacial score (nSPS) is 16.4. The van der Waals surface area contributed by atoms with Crippen molar-refractivity contribution in [3.8, 4) is 0 Å². The molecule has 1 fully saturated rings. The van der Waals surface area contributed by atoms with Gasteiger partial charge in [-0.1, -0.05) is 24.6 Å². The van der Waals surface area contributed by atoms with Gasteiger partial charge in [0.05, 0.1) is 5.52 Å². The highest BCUT2D eigenvalue weighted by Crippen LogP contribution is 2.15. The lowest BCUT2D eigenvalue weighted by Crippen LogP contribution is -2.31. The number of carbonyl (C=O) groups is 1. The van der Waals surface area contributed by atoms with Gasteiger partial charge in [-0.05, 0) is 38.1 Å². The average Bonchev–Trinajstić information content (AvgIpc) is 2.53. The standard InChI is InChI=1S/C17H20N2O/c20-17(8-12-19-10-2-1-3-11-19)15-7-6-14-5-4-9-18-16(14)13-15/h4-7,9,13H,1-3,8,10-12H2. The molecule has 3 nitrogen and oxygen atoms in total. The van der Waals surface area contributed by atoms with Crippen LogP contribution in [0.3, 0.4) is 0 Å². The van der Waals surface area contributed by atoms with Crippen molar-refractivity contribution in [2.24, 2.45) is 0 Å². The predicted molar refractivity (Wildman–Crippen MR) is 81.0 cm³/mol. The summed E-state index contributed by atoms with van der Waals surface area (Å²) in [6, 6.07) is 9.75. The van der Waals surface area contributed by atoms with Crippen LogP contribution in [0.25, 0.3) is 10.9 Å². The fraction of sp³-hybridized carbons (Fsp3) is 0.412. The van der Waals surface area contributed by atoms with E-state index in [4.69, 9.17) is 0 Å². The van der Waals surface area contributed by atoms with Crippen LogP contribution in [0, 0.1) is 0 Å². The molecule has 2 aromatic rings. The summed E-state index contributed by atoms with van der Waals surface area (Å²) in [6.07, 6.45) is 6.26. The molecule has 0 amide bonds. The number of piperidine rings is 1. The van der Waals surface area contributed by atoms with Crippen LogP contribution < -0.4 is 0 Å². The highest BCUT2D eigenvalue weighted by Gasteiger charge is 2.13. The summed E-state index contributed by atoms with van der Waals surface area (Å²) in [4.78, 5) is 19.0. The molecule has 0 spiro atoms. The number of carbonyl (C=O) groups excluding carboxylic acids is 1. The zero-order chi connectivity index (χ0) is 13.8. The third kappa shape index (κ3) is 3.05.